The molecular weight excluding hydrogens is 130 g/mol. The molecular formula is C7H9NO2. The van der Waals surface area contributed by atoms with E-state index < -0.39 is 0 Å². The van der Waals surface area contributed by atoms with E-state index in [9.17, 15) is 0 Å². The van der Waals surface area contributed by atoms with E-state index in [2.05, 4.69) is 16.3 Å². The normalized spacial score (nSPS) is 9.40. The highest BCUT2D eigenvalue weighted by molar-refractivity contribution is 5.57. The molecule has 0 unspecified atom stereocenters. The smallest absolute Gasteiger partial charge is 0.135 e. The number of hydrogen-bond acceptors (Lipinski definition) is 3. The molecule has 0 saturated heterocycles. The molecule has 1 heterocycles. The van der Waals surface area contributed by atoms with Crippen LogP contribution in [0.3, 0.4) is 0 Å². The summed E-state index contributed by atoms with van der Waals surface area (Å²) in [5.41, 5.74) is 1.62. The first-order chi connectivity index (χ1) is 4.75. The van der Waals surface area contributed by atoms with Crippen LogP contribution in [0.15, 0.2) is 17.4 Å². The van der Waals surface area contributed by atoms with E-state index in [1.54, 1.807) is 7.11 Å². The Morgan fingerprint density at radius 2 is 2.50 bits per heavy atom. The molecule has 54 valence electrons. The van der Waals surface area contributed by atoms with Gasteiger partial charge in [-0.15, -0.1) is 0 Å². The van der Waals surface area contributed by atoms with Gasteiger partial charge in [-0.25, -0.2) is 0 Å². The van der Waals surface area contributed by atoms with E-state index in [1.165, 1.54) is 6.26 Å². The van der Waals surface area contributed by atoms with Crippen molar-refractivity contribution in [2.24, 2.45) is 0 Å². The minimum atomic E-state index is 0.582. The summed E-state index contributed by atoms with van der Waals surface area (Å²) < 4.78 is 9.56. The minimum Gasteiger partial charge on any atom is -0.497 e. The molecule has 0 radical (unpaired) electrons. The first kappa shape index (κ1) is 6.86. The Kier molecular flexibility index (Phi) is 1.76. The Balaban J connectivity index is 2.93. The van der Waals surface area contributed by atoms with Gasteiger partial charge in [0, 0.05) is 0 Å². The van der Waals surface area contributed by atoms with Crippen molar-refractivity contribution in [2.75, 3.05) is 7.11 Å². The lowest BCUT2D eigenvalue weighted by molar-refractivity contribution is 0.370. The van der Waals surface area contributed by atoms with E-state index in [-0.39, 0.29) is 0 Å². The molecule has 0 fully saturated rings. The number of aryl methyl sites for hydroxylation is 1. The number of hydrogen-bond donors (Lipinski definition) is 0. The molecule has 0 aliphatic carbocycles. The first-order valence-electron chi connectivity index (χ1n) is 2.90. The molecule has 0 spiro atoms. The van der Waals surface area contributed by atoms with Gasteiger partial charge in [0.1, 0.15) is 12.0 Å². The standard InChI is InChI=1S/C7H9NO2/c1-5-7(4-10-8-5)6(2)9-3/h4H,2H2,1,3H3. The van der Waals surface area contributed by atoms with Gasteiger partial charge < -0.3 is 9.26 Å². The molecule has 0 bridgehead atoms. The van der Waals surface area contributed by atoms with Crippen LogP contribution in [0.5, 0.6) is 0 Å². The Morgan fingerprint density at radius 3 is 2.90 bits per heavy atom. The number of ether oxygens (including phenoxy) is 1. The number of rotatable bonds is 2. The number of aromatic nitrogens is 1. The molecule has 0 N–H and O–H groups in total. The van der Waals surface area contributed by atoms with Gasteiger partial charge in [0.15, 0.2) is 0 Å². The molecule has 10 heavy (non-hydrogen) atoms. The third-order valence-electron chi connectivity index (χ3n) is 1.30. The highest BCUT2D eigenvalue weighted by atomic mass is 16.5. The van der Waals surface area contributed by atoms with Gasteiger partial charge in [0.25, 0.3) is 0 Å². The van der Waals surface area contributed by atoms with Crippen LogP contribution in [-0.2, 0) is 4.74 Å². The molecule has 0 aliphatic rings. The number of methoxy groups -OCH3 is 1. The van der Waals surface area contributed by atoms with Crippen molar-refractivity contribution in [1.29, 1.82) is 0 Å². The second-order valence-corrected chi connectivity index (χ2v) is 1.94. The second kappa shape index (κ2) is 2.56. The predicted octanol–water partition coefficient (Wildman–Crippen LogP) is 1.60. The Hall–Kier alpha value is -1.25. The van der Waals surface area contributed by atoms with Crippen molar-refractivity contribution in [3.63, 3.8) is 0 Å². The molecule has 1 aromatic rings. The predicted molar refractivity (Wildman–Crippen MR) is 37.3 cm³/mol. The molecule has 0 aromatic carbocycles. The van der Waals surface area contributed by atoms with Crippen molar-refractivity contribution in [1.82, 2.24) is 5.16 Å². The van der Waals surface area contributed by atoms with Gasteiger partial charge in [0.2, 0.25) is 0 Å². The van der Waals surface area contributed by atoms with Crippen LogP contribution >= 0.6 is 0 Å². The minimum absolute atomic E-state index is 0.582. The quantitative estimate of drug-likeness (QED) is 0.584. The fourth-order valence-electron chi connectivity index (χ4n) is 0.670. The van der Waals surface area contributed by atoms with Crippen molar-refractivity contribution < 1.29 is 9.26 Å². The summed E-state index contributed by atoms with van der Waals surface area (Å²) in [5, 5.41) is 3.67. The van der Waals surface area contributed by atoms with Gasteiger partial charge in [-0.1, -0.05) is 11.7 Å². The lowest BCUT2D eigenvalue weighted by Gasteiger charge is -1.98. The largest absolute Gasteiger partial charge is 0.497 e. The van der Waals surface area contributed by atoms with E-state index in [0.29, 0.717) is 5.76 Å². The third kappa shape index (κ3) is 1.03. The Bertz CT molecular complexity index is 240. The van der Waals surface area contributed by atoms with E-state index >= 15 is 0 Å². The average molecular weight is 139 g/mol. The molecule has 0 atom stereocenters. The van der Waals surface area contributed by atoms with E-state index in [1.807, 2.05) is 6.92 Å². The van der Waals surface area contributed by atoms with Crippen LogP contribution in [0, 0.1) is 6.92 Å². The highest BCUT2D eigenvalue weighted by Gasteiger charge is 2.05. The van der Waals surface area contributed by atoms with Crippen LogP contribution < -0.4 is 0 Å². The molecule has 0 saturated carbocycles. The maximum atomic E-state index is 4.88. The Morgan fingerprint density at radius 1 is 1.80 bits per heavy atom. The highest BCUT2D eigenvalue weighted by Crippen LogP contribution is 2.15. The first-order valence-corrected chi connectivity index (χ1v) is 2.90. The monoisotopic (exact) mass is 139 g/mol. The molecule has 1 aromatic heterocycles. The van der Waals surface area contributed by atoms with Gasteiger partial charge in [-0.2, -0.15) is 0 Å². The molecule has 3 nitrogen and oxygen atoms in total. The fourth-order valence-corrected chi connectivity index (χ4v) is 0.670. The summed E-state index contributed by atoms with van der Waals surface area (Å²) >= 11 is 0. The van der Waals surface area contributed by atoms with Gasteiger partial charge in [-0.05, 0) is 6.92 Å². The summed E-state index contributed by atoms with van der Waals surface area (Å²) in [6, 6.07) is 0. The van der Waals surface area contributed by atoms with Crippen LogP contribution in [0.2, 0.25) is 0 Å². The van der Waals surface area contributed by atoms with Gasteiger partial charge in [0.05, 0.1) is 18.4 Å². The van der Waals surface area contributed by atoms with Crippen LogP contribution in [0.1, 0.15) is 11.3 Å². The number of nitrogens with zero attached hydrogens (tertiary/aromatic N) is 1. The van der Waals surface area contributed by atoms with Gasteiger partial charge in [-0.3, -0.25) is 0 Å². The van der Waals surface area contributed by atoms with Crippen molar-refractivity contribution >= 4 is 5.76 Å². The Labute approximate surface area is 59.3 Å². The third-order valence-corrected chi connectivity index (χ3v) is 1.30. The summed E-state index contributed by atoms with van der Waals surface area (Å²) in [6.45, 7) is 5.49. The van der Waals surface area contributed by atoms with Crippen LogP contribution in [-0.4, -0.2) is 12.3 Å². The van der Waals surface area contributed by atoms with Crippen molar-refractivity contribution in [2.45, 2.75) is 6.92 Å². The summed E-state index contributed by atoms with van der Waals surface area (Å²) in [6.07, 6.45) is 1.52. The molecule has 3 heteroatoms. The summed E-state index contributed by atoms with van der Waals surface area (Å²) in [5.74, 6) is 0.582. The summed E-state index contributed by atoms with van der Waals surface area (Å²) in [4.78, 5) is 0. The zero-order valence-corrected chi connectivity index (χ0v) is 6.05. The lowest BCUT2D eigenvalue weighted by atomic mass is 10.2. The van der Waals surface area contributed by atoms with Crippen LogP contribution in [0.4, 0.5) is 0 Å². The molecule has 1 rings (SSSR count). The zero-order chi connectivity index (χ0) is 7.56. The fraction of sp³-hybridized carbons (Fsp3) is 0.286. The SMILES string of the molecule is C=C(OC)c1conc1C. The van der Waals surface area contributed by atoms with E-state index in [0.717, 1.165) is 11.3 Å². The van der Waals surface area contributed by atoms with Crippen molar-refractivity contribution in [3.05, 3.63) is 24.1 Å². The van der Waals surface area contributed by atoms with Crippen molar-refractivity contribution in [3.8, 4) is 0 Å². The molecule has 0 aliphatic heterocycles. The van der Waals surface area contributed by atoms with Crippen LogP contribution in [0.25, 0.3) is 5.76 Å². The zero-order valence-electron chi connectivity index (χ0n) is 6.05. The maximum Gasteiger partial charge on any atom is 0.135 e. The second-order valence-electron chi connectivity index (χ2n) is 1.94. The topological polar surface area (TPSA) is 35.3 Å². The lowest BCUT2D eigenvalue weighted by Crippen LogP contribution is -1.84. The van der Waals surface area contributed by atoms with Gasteiger partial charge >= 0.3 is 0 Å². The van der Waals surface area contributed by atoms with E-state index in [4.69, 9.17) is 4.74 Å². The summed E-state index contributed by atoms with van der Waals surface area (Å²) in [7, 11) is 1.56. The average Bonchev–Trinajstić information content (AvgIpc) is 2.34. The molecule has 0 amide bonds. The maximum absolute atomic E-state index is 4.88.